The first-order valence-electron chi connectivity index (χ1n) is 6.75. The van der Waals surface area contributed by atoms with Crippen molar-refractivity contribution in [3.05, 3.63) is 46.6 Å². The first-order chi connectivity index (χ1) is 9.70. The number of hydrogen-bond acceptors (Lipinski definition) is 4. The van der Waals surface area contributed by atoms with Crippen molar-refractivity contribution in [1.82, 2.24) is 10.3 Å². The Morgan fingerprint density at radius 2 is 2.25 bits per heavy atom. The molecule has 106 valence electrons. The fourth-order valence-corrected chi connectivity index (χ4v) is 2.15. The predicted molar refractivity (Wildman–Crippen MR) is 76.9 cm³/mol. The summed E-state index contributed by atoms with van der Waals surface area (Å²) in [4.78, 5) is 3.98. The van der Waals surface area contributed by atoms with Gasteiger partial charge in [-0.15, -0.1) is 0 Å². The molecule has 1 saturated carbocycles. The highest BCUT2D eigenvalue weighted by molar-refractivity contribution is 6.30. The number of pyridine rings is 1. The van der Waals surface area contributed by atoms with E-state index >= 15 is 0 Å². The molecule has 1 aliphatic rings. The number of hydrogen-bond donors (Lipinski definition) is 1. The fourth-order valence-electron chi connectivity index (χ4n) is 1.99. The smallest absolute Gasteiger partial charge is 0.146 e. The Bertz CT molecular complexity index is 593. The molecule has 0 radical (unpaired) electrons. The lowest BCUT2D eigenvalue weighted by atomic mass is 10.2. The summed E-state index contributed by atoms with van der Waals surface area (Å²) in [5, 5.41) is 4.01. The molecule has 1 fully saturated rings. The summed E-state index contributed by atoms with van der Waals surface area (Å²) in [6.07, 6.45) is 5.76. The second-order valence-electron chi connectivity index (χ2n) is 5.10. The van der Waals surface area contributed by atoms with Crippen molar-refractivity contribution in [1.29, 1.82) is 0 Å². The maximum Gasteiger partial charge on any atom is 0.146 e. The second kappa shape index (κ2) is 5.85. The van der Waals surface area contributed by atoms with Crippen LogP contribution in [-0.2, 0) is 13.2 Å². The molecular weight excluding hydrogens is 276 g/mol. The molecule has 2 heterocycles. The first-order valence-corrected chi connectivity index (χ1v) is 7.13. The zero-order valence-corrected chi connectivity index (χ0v) is 12.1. The second-order valence-corrected chi connectivity index (χ2v) is 5.54. The minimum Gasteiger partial charge on any atom is -0.484 e. The summed E-state index contributed by atoms with van der Waals surface area (Å²) in [6.45, 7) is 3.22. The summed E-state index contributed by atoms with van der Waals surface area (Å²) in [6, 6.07) is 4.43. The van der Waals surface area contributed by atoms with Gasteiger partial charge >= 0.3 is 0 Å². The Morgan fingerprint density at radius 3 is 3.00 bits per heavy atom. The van der Waals surface area contributed by atoms with Gasteiger partial charge in [-0.1, -0.05) is 11.6 Å². The average molecular weight is 293 g/mol. The number of halogens is 1. The number of ether oxygens (including phenoxy) is 1. The summed E-state index contributed by atoms with van der Waals surface area (Å²) in [5.74, 6) is 2.44. The average Bonchev–Trinajstić information content (AvgIpc) is 3.18. The molecule has 2 aromatic heterocycles. The minimum atomic E-state index is 0.381. The molecule has 0 spiro atoms. The van der Waals surface area contributed by atoms with Gasteiger partial charge in [0.05, 0.1) is 17.8 Å². The molecule has 2 aromatic rings. The van der Waals surface area contributed by atoms with Crippen molar-refractivity contribution in [2.24, 2.45) is 0 Å². The number of aromatic nitrogens is 1. The van der Waals surface area contributed by atoms with Crippen LogP contribution in [0.4, 0.5) is 0 Å². The van der Waals surface area contributed by atoms with Gasteiger partial charge in [0.1, 0.15) is 23.9 Å². The van der Waals surface area contributed by atoms with Gasteiger partial charge in [-0.3, -0.25) is 4.98 Å². The van der Waals surface area contributed by atoms with Gasteiger partial charge in [0.2, 0.25) is 0 Å². The van der Waals surface area contributed by atoms with Gasteiger partial charge in [0.25, 0.3) is 0 Å². The van der Waals surface area contributed by atoms with Gasteiger partial charge in [-0.25, -0.2) is 0 Å². The summed E-state index contributed by atoms with van der Waals surface area (Å²) in [7, 11) is 0. The van der Waals surface area contributed by atoms with Crippen LogP contribution < -0.4 is 10.1 Å². The van der Waals surface area contributed by atoms with Crippen LogP contribution in [0.25, 0.3) is 0 Å². The van der Waals surface area contributed by atoms with E-state index < -0.39 is 0 Å². The van der Waals surface area contributed by atoms with Crippen LogP contribution in [-0.4, -0.2) is 11.0 Å². The molecule has 0 bridgehead atoms. The first kappa shape index (κ1) is 13.5. The van der Waals surface area contributed by atoms with Crippen LogP contribution in [0, 0.1) is 6.92 Å². The molecule has 3 rings (SSSR count). The van der Waals surface area contributed by atoms with E-state index in [9.17, 15) is 0 Å². The topological polar surface area (TPSA) is 47.3 Å². The number of rotatable bonds is 6. The molecule has 0 aromatic carbocycles. The molecule has 20 heavy (non-hydrogen) atoms. The van der Waals surface area contributed by atoms with Crippen molar-refractivity contribution in [2.75, 3.05) is 0 Å². The molecule has 5 heteroatoms. The molecule has 0 amide bonds. The van der Waals surface area contributed by atoms with E-state index in [0.717, 1.165) is 23.6 Å². The van der Waals surface area contributed by atoms with Crippen LogP contribution in [0.3, 0.4) is 0 Å². The van der Waals surface area contributed by atoms with Crippen LogP contribution >= 0.6 is 11.6 Å². The van der Waals surface area contributed by atoms with Crippen molar-refractivity contribution >= 4 is 11.6 Å². The molecule has 1 aliphatic carbocycles. The lowest BCUT2D eigenvalue weighted by molar-refractivity contribution is 0.264. The Labute approximate surface area is 123 Å². The van der Waals surface area contributed by atoms with Crippen LogP contribution in [0.15, 0.2) is 28.9 Å². The summed E-state index contributed by atoms with van der Waals surface area (Å²) >= 11 is 5.86. The van der Waals surface area contributed by atoms with Crippen molar-refractivity contribution in [2.45, 2.75) is 39.0 Å². The van der Waals surface area contributed by atoms with Crippen molar-refractivity contribution < 1.29 is 9.15 Å². The predicted octanol–water partition coefficient (Wildman–Crippen LogP) is 3.47. The molecular formula is C15H17ClN2O2. The third-order valence-electron chi connectivity index (χ3n) is 3.26. The maximum atomic E-state index is 5.86. The standard InChI is InChI=1S/C15H17ClN2O2/c1-10-4-14(20-15(10)8-18-12-2-3-12)9-19-13-5-11(16)6-17-7-13/h4-7,12,18H,2-3,8-9H2,1H3. The highest BCUT2D eigenvalue weighted by Gasteiger charge is 2.21. The molecule has 0 aliphatic heterocycles. The molecule has 1 N–H and O–H groups in total. The lowest BCUT2D eigenvalue weighted by Crippen LogP contribution is -2.15. The SMILES string of the molecule is Cc1cc(COc2cncc(Cl)c2)oc1CNC1CC1. The van der Waals surface area contributed by atoms with E-state index in [1.54, 1.807) is 18.5 Å². The van der Waals surface area contributed by atoms with Crippen molar-refractivity contribution in [3.63, 3.8) is 0 Å². The zero-order chi connectivity index (χ0) is 13.9. The Morgan fingerprint density at radius 1 is 1.40 bits per heavy atom. The van der Waals surface area contributed by atoms with E-state index in [2.05, 4.69) is 17.2 Å². The number of nitrogens with one attached hydrogen (secondary N) is 1. The highest BCUT2D eigenvalue weighted by atomic mass is 35.5. The zero-order valence-electron chi connectivity index (χ0n) is 11.4. The number of furan rings is 1. The molecule has 0 unspecified atom stereocenters. The molecule has 4 nitrogen and oxygen atoms in total. The van der Waals surface area contributed by atoms with E-state index in [0.29, 0.717) is 23.4 Å². The quantitative estimate of drug-likeness (QED) is 0.885. The van der Waals surface area contributed by atoms with Gasteiger partial charge in [-0.05, 0) is 31.4 Å². The monoisotopic (exact) mass is 292 g/mol. The minimum absolute atomic E-state index is 0.381. The largest absolute Gasteiger partial charge is 0.484 e. The third kappa shape index (κ3) is 3.52. The van der Waals surface area contributed by atoms with Gasteiger partial charge in [0, 0.05) is 18.3 Å². The molecule has 0 saturated heterocycles. The van der Waals surface area contributed by atoms with E-state index in [1.165, 1.54) is 12.8 Å². The van der Waals surface area contributed by atoms with E-state index in [4.69, 9.17) is 20.8 Å². The normalized spacial score (nSPS) is 14.5. The molecule has 0 atom stereocenters. The fraction of sp³-hybridized carbons (Fsp3) is 0.400. The van der Waals surface area contributed by atoms with Crippen LogP contribution in [0.1, 0.15) is 29.9 Å². The van der Waals surface area contributed by atoms with Gasteiger partial charge in [-0.2, -0.15) is 0 Å². The van der Waals surface area contributed by atoms with E-state index in [1.807, 2.05) is 6.07 Å². The Balaban J connectivity index is 1.58. The van der Waals surface area contributed by atoms with Gasteiger partial charge < -0.3 is 14.5 Å². The number of aryl methyl sites for hydroxylation is 1. The third-order valence-corrected chi connectivity index (χ3v) is 3.47. The van der Waals surface area contributed by atoms with Crippen LogP contribution in [0.5, 0.6) is 5.75 Å². The summed E-state index contributed by atoms with van der Waals surface area (Å²) in [5.41, 5.74) is 1.15. The Kier molecular flexibility index (Phi) is 3.94. The number of nitrogens with zero attached hydrogens (tertiary/aromatic N) is 1. The highest BCUT2D eigenvalue weighted by Crippen LogP contribution is 2.22. The maximum absolute atomic E-state index is 5.86. The van der Waals surface area contributed by atoms with Crippen molar-refractivity contribution in [3.8, 4) is 5.75 Å². The lowest BCUT2D eigenvalue weighted by Gasteiger charge is -2.04. The van der Waals surface area contributed by atoms with Gasteiger partial charge in [0.15, 0.2) is 0 Å². The Hall–Kier alpha value is -1.52. The van der Waals surface area contributed by atoms with Crippen LogP contribution in [0.2, 0.25) is 5.02 Å². The summed E-state index contributed by atoms with van der Waals surface area (Å²) < 4.78 is 11.4. The van der Waals surface area contributed by atoms with E-state index in [-0.39, 0.29) is 0 Å².